The van der Waals surface area contributed by atoms with Gasteiger partial charge in [-0.15, -0.1) is 0 Å². The maximum atomic E-state index is 2.31. The molecule has 0 N–H and O–H groups in total. The van der Waals surface area contributed by atoms with Crippen molar-refractivity contribution in [3.8, 4) is 0 Å². The number of rotatable bonds is 2. The fraction of sp³-hybridized carbons (Fsp3) is 0.600. The first-order valence-corrected chi connectivity index (χ1v) is 6.04. The van der Waals surface area contributed by atoms with Gasteiger partial charge in [0.1, 0.15) is 0 Å². The van der Waals surface area contributed by atoms with Crippen LogP contribution >= 0.6 is 0 Å². The standard InChI is InChI=1S/C13H20.C2H6/c1-11(10-13(2,3)4)12-8-6-5-7-9-12;1-2/h5-9,11H,10H2,1-4H3;1-2H3. The smallest absolute Gasteiger partial charge is 0.0185 e. The van der Waals surface area contributed by atoms with E-state index in [1.165, 1.54) is 12.0 Å². The Labute approximate surface area is 95.7 Å². The van der Waals surface area contributed by atoms with Crippen LogP contribution < -0.4 is 0 Å². The molecule has 1 rings (SSSR count). The summed E-state index contributed by atoms with van der Waals surface area (Å²) < 4.78 is 0. The third-order valence-corrected chi connectivity index (χ3v) is 2.29. The molecule has 0 spiro atoms. The van der Waals surface area contributed by atoms with Crippen molar-refractivity contribution in [1.29, 1.82) is 0 Å². The van der Waals surface area contributed by atoms with Gasteiger partial charge in [-0.1, -0.05) is 71.9 Å². The van der Waals surface area contributed by atoms with Crippen LogP contribution in [-0.2, 0) is 0 Å². The second kappa shape index (κ2) is 6.66. The molecule has 0 saturated carbocycles. The molecule has 0 aliphatic rings. The Morgan fingerprint density at radius 2 is 1.47 bits per heavy atom. The highest BCUT2D eigenvalue weighted by Crippen LogP contribution is 2.30. The summed E-state index contributed by atoms with van der Waals surface area (Å²) in [5.41, 5.74) is 1.88. The van der Waals surface area contributed by atoms with E-state index in [1.54, 1.807) is 0 Å². The van der Waals surface area contributed by atoms with E-state index in [2.05, 4.69) is 58.0 Å². The van der Waals surface area contributed by atoms with Crippen molar-refractivity contribution in [3.05, 3.63) is 35.9 Å². The highest BCUT2D eigenvalue weighted by atomic mass is 14.2. The summed E-state index contributed by atoms with van der Waals surface area (Å²) in [4.78, 5) is 0. The van der Waals surface area contributed by atoms with Crippen LogP contribution in [0.3, 0.4) is 0 Å². The maximum Gasteiger partial charge on any atom is -0.0185 e. The largest absolute Gasteiger partial charge is 0.0683 e. The molecule has 1 aromatic rings. The van der Waals surface area contributed by atoms with E-state index in [9.17, 15) is 0 Å². The molecule has 0 fully saturated rings. The molecular formula is C15H26. The highest BCUT2D eigenvalue weighted by molar-refractivity contribution is 5.18. The summed E-state index contributed by atoms with van der Waals surface area (Å²) in [5, 5.41) is 0. The van der Waals surface area contributed by atoms with Crippen molar-refractivity contribution in [2.75, 3.05) is 0 Å². The van der Waals surface area contributed by atoms with Crippen LogP contribution in [-0.4, -0.2) is 0 Å². The van der Waals surface area contributed by atoms with Gasteiger partial charge < -0.3 is 0 Å². The zero-order valence-corrected chi connectivity index (χ0v) is 11.2. The molecule has 86 valence electrons. The van der Waals surface area contributed by atoms with Crippen LogP contribution in [0.4, 0.5) is 0 Å². The molecule has 1 unspecified atom stereocenters. The lowest BCUT2D eigenvalue weighted by atomic mass is 9.82. The number of hydrogen-bond acceptors (Lipinski definition) is 0. The molecule has 15 heavy (non-hydrogen) atoms. The first kappa shape index (κ1) is 14.2. The van der Waals surface area contributed by atoms with Crippen molar-refractivity contribution < 1.29 is 0 Å². The minimum absolute atomic E-state index is 0.426. The average molecular weight is 206 g/mol. The topological polar surface area (TPSA) is 0 Å². The van der Waals surface area contributed by atoms with E-state index in [-0.39, 0.29) is 0 Å². The predicted molar refractivity (Wildman–Crippen MR) is 70.3 cm³/mol. The van der Waals surface area contributed by atoms with Crippen molar-refractivity contribution in [2.45, 2.75) is 53.9 Å². The SMILES string of the molecule is CC.CC(CC(C)(C)C)c1ccccc1. The minimum atomic E-state index is 0.426. The van der Waals surface area contributed by atoms with Gasteiger partial charge >= 0.3 is 0 Å². The summed E-state index contributed by atoms with van der Waals surface area (Å²) in [6, 6.07) is 10.8. The second-order valence-corrected chi connectivity index (χ2v) is 5.08. The highest BCUT2D eigenvalue weighted by Gasteiger charge is 2.15. The molecule has 1 atom stereocenters. The van der Waals surface area contributed by atoms with Gasteiger partial charge in [-0.25, -0.2) is 0 Å². The average Bonchev–Trinajstić information content (AvgIpc) is 2.20. The van der Waals surface area contributed by atoms with Crippen molar-refractivity contribution in [3.63, 3.8) is 0 Å². The van der Waals surface area contributed by atoms with Crippen LogP contribution in [0.1, 0.15) is 59.4 Å². The van der Waals surface area contributed by atoms with E-state index in [4.69, 9.17) is 0 Å². The van der Waals surface area contributed by atoms with Crippen molar-refractivity contribution in [2.24, 2.45) is 5.41 Å². The molecule has 0 saturated heterocycles. The Kier molecular flexibility index (Phi) is 6.31. The minimum Gasteiger partial charge on any atom is -0.0683 e. The zero-order chi connectivity index (χ0) is 11.9. The van der Waals surface area contributed by atoms with Crippen molar-refractivity contribution >= 4 is 0 Å². The number of hydrogen-bond donors (Lipinski definition) is 0. The Bertz CT molecular complexity index is 240. The summed E-state index contributed by atoms with van der Waals surface area (Å²) in [5.74, 6) is 0.668. The van der Waals surface area contributed by atoms with Gasteiger partial charge in [0.25, 0.3) is 0 Å². The summed E-state index contributed by atoms with van der Waals surface area (Å²) in [6.07, 6.45) is 1.25. The zero-order valence-electron chi connectivity index (χ0n) is 11.2. The summed E-state index contributed by atoms with van der Waals surface area (Å²) >= 11 is 0. The molecule has 0 heterocycles. The fourth-order valence-corrected chi connectivity index (χ4v) is 1.82. The second-order valence-electron chi connectivity index (χ2n) is 5.08. The van der Waals surface area contributed by atoms with Gasteiger partial charge in [-0.2, -0.15) is 0 Å². The van der Waals surface area contributed by atoms with Crippen LogP contribution in [0.25, 0.3) is 0 Å². The molecule has 0 aliphatic heterocycles. The lowest BCUT2D eigenvalue weighted by Gasteiger charge is -2.23. The Morgan fingerprint density at radius 1 is 1.00 bits per heavy atom. The van der Waals surface area contributed by atoms with Crippen LogP contribution in [0.5, 0.6) is 0 Å². The lowest BCUT2D eigenvalue weighted by molar-refractivity contribution is 0.349. The molecule has 0 aliphatic carbocycles. The van der Waals surface area contributed by atoms with E-state index in [1.807, 2.05) is 13.8 Å². The van der Waals surface area contributed by atoms with Gasteiger partial charge in [0.15, 0.2) is 0 Å². The Morgan fingerprint density at radius 3 is 1.87 bits per heavy atom. The Hall–Kier alpha value is -0.780. The monoisotopic (exact) mass is 206 g/mol. The maximum absolute atomic E-state index is 2.31. The number of benzene rings is 1. The van der Waals surface area contributed by atoms with E-state index >= 15 is 0 Å². The van der Waals surface area contributed by atoms with E-state index in [0.29, 0.717) is 11.3 Å². The van der Waals surface area contributed by atoms with Gasteiger partial charge in [-0.05, 0) is 23.3 Å². The third kappa shape index (κ3) is 6.33. The van der Waals surface area contributed by atoms with Gasteiger partial charge in [-0.3, -0.25) is 0 Å². The van der Waals surface area contributed by atoms with Crippen LogP contribution in [0, 0.1) is 5.41 Å². The van der Waals surface area contributed by atoms with E-state index in [0.717, 1.165) is 0 Å². The molecule has 0 nitrogen and oxygen atoms in total. The molecule has 0 bridgehead atoms. The van der Waals surface area contributed by atoms with Gasteiger partial charge in [0, 0.05) is 0 Å². The van der Waals surface area contributed by atoms with Crippen LogP contribution in [0.15, 0.2) is 30.3 Å². The quantitative estimate of drug-likeness (QED) is 0.619. The normalized spacial score (nSPS) is 12.7. The first-order valence-electron chi connectivity index (χ1n) is 6.04. The van der Waals surface area contributed by atoms with Gasteiger partial charge in [0.2, 0.25) is 0 Å². The van der Waals surface area contributed by atoms with Crippen molar-refractivity contribution in [1.82, 2.24) is 0 Å². The summed E-state index contributed by atoms with van der Waals surface area (Å²) in [7, 11) is 0. The molecule has 0 aromatic heterocycles. The molecular weight excluding hydrogens is 180 g/mol. The summed E-state index contributed by atoms with van der Waals surface area (Å²) in [6.45, 7) is 13.2. The molecule has 0 amide bonds. The third-order valence-electron chi connectivity index (χ3n) is 2.29. The molecule has 0 radical (unpaired) electrons. The molecule has 1 aromatic carbocycles. The Balaban J connectivity index is 0.000000921. The molecule has 0 heteroatoms. The first-order chi connectivity index (χ1) is 6.99. The van der Waals surface area contributed by atoms with Crippen LogP contribution in [0.2, 0.25) is 0 Å². The van der Waals surface area contributed by atoms with Gasteiger partial charge in [0.05, 0.1) is 0 Å². The predicted octanol–water partition coefficient (Wildman–Crippen LogP) is 5.25. The van der Waals surface area contributed by atoms with E-state index < -0.39 is 0 Å². The fourth-order valence-electron chi connectivity index (χ4n) is 1.82. The lowest BCUT2D eigenvalue weighted by Crippen LogP contribution is -2.09.